The maximum absolute atomic E-state index is 11.0. The second kappa shape index (κ2) is 5.95. The third kappa shape index (κ3) is 3.69. The smallest absolute Gasteiger partial charge is 0.364 e. The number of hydrogen-bond donors (Lipinski definition) is 2. The van der Waals surface area contributed by atoms with E-state index in [-0.39, 0.29) is 5.56 Å². The minimum absolute atomic E-state index is 0.138. The molecule has 0 amide bonds. The Morgan fingerprint density at radius 2 is 2.28 bits per heavy atom. The zero-order chi connectivity index (χ0) is 13.7. The fourth-order valence-corrected chi connectivity index (χ4v) is 1.36. The average molecular weight is 253 g/mol. The molecule has 1 aromatic rings. The van der Waals surface area contributed by atoms with Crippen molar-refractivity contribution in [1.29, 1.82) is 0 Å². The lowest BCUT2D eigenvalue weighted by atomic mass is 10.1. The summed E-state index contributed by atoms with van der Waals surface area (Å²) < 4.78 is 0. The molecule has 0 atom stereocenters. The Balaban J connectivity index is 2.90. The van der Waals surface area contributed by atoms with Crippen LogP contribution in [0, 0.1) is 16.0 Å². The highest BCUT2D eigenvalue weighted by Gasteiger charge is 2.17. The van der Waals surface area contributed by atoms with E-state index < -0.39 is 16.7 Å². The molecule has 0 aliphatic carbocycles. The number of rotatable bonds is 6. The molecule has 0 unspecified atom stereocenters. The summed E-state index contributed by atoms with van der Waals surface area (Å²) in [5, 5.41) is 22.4. The van der Waals surface area contributed by atoms with Crippen LogP contribution in [0.4, 0.5) is 11.5 Å². The molecule has 0 aromatic carbocycles. The highest BCUT2D eigenvalue weighted by molar-refractivity contribution is 5.94. The van der Waals surface area contributed by atoms with Crippen molar-refractivity contribution in [1.82, 2.24) is 4.98 Å². The molecule has 0 aliphatic heterocycles. The lowest BCUT2D eigenvalue weighted by Crippen LogP contribution is -2.10. The fraction of sp³-hybridized carbons (Fsp3) is 0.455. The zero-order valence-electron chi connectivity index (χ0n) is 10.2. The van der Waals surface area contributed by atoms with Gasteiger partial charge in [-0.1, -0.05) is 13.8 Å². The number of aromatic nitrogens is 1. The fourth-order valence-electron chi connectivity index (χ4n) is 1.36. The zero-order valence-corrected chi connectivity index (χ0v) is 10.2. The molecule has 0 fully saturated rings. The van der Waals surface area contributed by atoms with Gasteiger partial charge in [0.1, 0.15) is 0 Å². The van der Waals surface area contributed by atoms with Gasteiger partial charge in [-0.3, -0.25) is 0 Å². The standard InChI is InChI=1S/C11H15N3O4/c1-7(2)3-4-12-9-6-13-10(14(17)18)5-8(9)11(15)16/h5-7,12H,3-4H2,1-2H3,(H,15,16). The summed E-state index contributed by atoms with van der Waals surface area (Å²) in [4.78, 5) is 24.4. The summed E-state index contributed by atoms with van der Waals surface area (Å²) in [6, 6.07) is 0.958. The SMILES string of the molecule is CC(C)CCNc1cnc([N+](=O)[O-])cc1C(=O)O. The molecule has 0 saturated carbocycles. The normalized spacial score (nSPS) is 10.4. The topological polar surface area (TPSA) is 105 Å². The maximum Gasteiger partial charge on any atom is 0.364 e. The van der Waals surface area contributed by atoms with Gasteiger partial charge in [-0.25, -0.2) is 4.79 Å². The highest BCUT2D eigenvalue weighted by Crippen LogP contribution is 2.19. The number of carbonyl (C=O) groups is 1. The van der Waals surface area contributed by atoms with Crippen LogP contribution in [0.5, 0.6) is 0 Å². The van der Waals surface area contributed by atoms with Crippen LogP contribution in [0.1, 0.15) is 30.6 Å². The molecule has 7 heteroatoms. The summed E-state index contributed by atoms with van der Waals surface area (Å²) in [7, 11) is 0. The monoisotopic (exact) mass is 253 g/mol. The van der Waals surface area contributed by atoms with E-state index in [1.807, 2.05) is 13.8 Å². The van der Waals surface area contributed by atoms with Gasteiger partial charge in [0, 0.05) is 6.54 Å². The molecule has 18 heavy (non-hydrogen) atoms. The van der Waals surface area contributed by atoms with Crippen molar-refractivity contribution in [3.63, 3.8) is 0 Å². The minimum atomic E-state index is -1.22. The van der Waals surface area contributed by atoms with E-state index in [1.165, 1.54) is 6.20 Å². The van der Waals surface area contributed by atoms with E-state index in [0.717, 1.165) is 12.5 Å². The second-order valence-corrected chi connectivity index (χ2v) is 4.26. The van der Waals surface area contributed by atoms with E-state index in [2.05, 4.69) is 10.3 Å². The van der Waals surface area contributed by atoms with E-state index in [0.29, 0.717) is 18.2 Å². The van der Waals surface area contributed by atoms with Crippen LogP contribution in [-0.2, 0) is 0 Å². The molecule has 0 bridgehead atoms. The van der Waals surface area contributed by atoms with E-state index in [9.17, 15) is 14.9 Å². The molecule has 98 valence electrons. The number of anilines is 1. The van der Waals surface area contributed by atoms with Gasteiger partial charge >= 0.3 is 11.8 Å². The quantitative estimate of drug-likeness (QED) is 0.594. The second-order valence-electron chi connectivity index (χ2n) is 4.26. The van der Waals surface area contributed by atoms with Crippen LogP contribution in [-0.4, -0.2) is 27.5 Å². The average Bonchev–Trinajstić information content (AvgIpc) is 2.28. The molecule has 0 saturated heterocycles. The predicted octanol–water partition coefficient (Wildman–Crippen LogP) is 2.15. The van der Waals surface area contributed by atoms with Crippen LogP contribution >= 0.6 is 0 Å². The molecular weight excluding hydrogens is 238 g/mol. The van der Waals surface area contributed by atoms with Crippen molar-refractivity contribution in [2.45, 2.75) is 20.3 Å². The third-order valence-electron chi connectivity index (χ3n) is 2.34. The van der Waals surface area contributed by atoms with E-state index >= 15 is 0 Å². The number of aromatic carboxylic acids is 1. The number of nitro groups is 1. The summed E-state index contributed by atoms with van der Waals surface area (Å²) in [5.41, 5.74) is 0.161. The van der Waals surface area contributed by atoms with Crippen LogP contribution in [0.25, 0.3) is 0 Å². The Bertz CT molecular complexity index is 460. The predicted molar refractivity (Wildman–Crippen MR) is 65.8 cm³/mol. The Labute approximate surface area is 104 Å². The Morgan fingerprint density at radius 1 is 1.61 bits per heavy atom. The van der Waals surface area contributed by atoms with Crippen molar-refractivity contribution >= 4 is 17.5 Å². The van der Waals surface area contributed by atoms with Gasteiger partial charge in [0.25, 0.3) is 0 Å². The minimum Gasteiger partial charge on any atom is -0.478 e. The molecule has 0 radical (unpaired) electrons. The first-order valence-corrected chi connectivity index (χ1v) is 5.53. The first-order chi connectivity index (χ1) is 8.41. The van der Waals surface area contributed by atoms with Gasteiger partial charge in [-0.15, -0.1) is 0 Å². The first kappa shape index (κ1) is 13.9. The Hall–Kier alpha value is -2.18. The highest BCUT2D eigenvalue weighted by atomic mass is 16.6. The largest absolute Gasteiger partial charge is 0.478 e. The molecule has 7 nitrogen and oxygen atoms in total. The molecule has 0 spiro atoms. The number of nitrogens with zero attached hydrogens (tertiary/aromatic N) is 2. The molecule has 1 rings (SSSR count). The van der Waals surface area contributed by atoms with Crippen molar-refractivity contribution < 1.29 is 14.8 Å². The van der Waals surface area contributed by atoms with Crippen molar-refractivity contribution in [3.05, 3.63) is 27.9 Å². The maximum atomic E-state index is 11.0. The third-order valence-corrected chi connectivity index (χ3v) is 2.34. The van der Waals surface area contributed by atoms with Gasteiger partial charge in [0.05, 0.1) is 17.3 Å². The molecule has 2 N–H and O–H groups in total. The molecule has 0 aliphatic rings. The number of carboxylic acid groups (broad SMARTS) is 1. The lowest BCUT2D eigenvalue weighted by molar-refractivity contribution is -0.389. The molecular formula is C11H15N3O4. The van der Waals surface area contributed by atoms with Gasteiger partial charge in [-0.2, -0.15) is 0 Å². The van der Waals surface area contributed by atoms with Gasteiger partial charge in [0.15, 0.2) is 6.20 Å². The molecule has 1 aromatic heterocycles. The number of nitrogens with one attached hydrogen (secondary N) is 1. The van der Waals surface area contributed by atoms with Gasteiger partial charge < -0.3 is 20.5 Å². The number of hydrogen-bond acceptors (Lipinski definition) is 5. The van der Waals surface area contributed by atoms with Crippen LogP contribution in [0.15, 0.2) is 12.3 Å². The summed E-state index contributed by atoms with van der Waals surface area (Å²) in [5.74, 6) is -1.20. The summed E-state index contributed by atoms with van der Waals surface area (Å²) >= 11 is 0. The van der Waals surface area contributed by atoms with Crippen molar-refractivity contribution in [2.24, 2.45) is 5.92 Å². The lowest BCUT2D eigenvalue weighted by Gasteiger charge is -2.09. The van der Waals surface area contributed by atoms with E-state index in [4.69, 9.17) is 5.11 Å². The van der Waals surface area contributed by atoms with Crippen LogP contribution in [0.2, 0.25) is 0 Å². The Morgan fingerprint density at radius 3 is 2.78 bits per heavy atom. The van der Waals surface area contributed by atoms with Crippen molar-refractivity contribution in [3.8, 4) is 0 Å². The first-order valence-electron chi connectivity index (χ1n) is 5.53. The number of pyridine rings is 1. The Kier molecular flexibility index (Phi) is 4.59. The van der Waals surface area contributed by atoms with Gasteiger partial charge in [-0.05, 0) is 22.2 Å². The number of carboxylic acids is 1. The summed E-state index contributed by atoms with van der Waals surface area (Å²) in [6.45, 7) is 4.69. The summed E-state index contributed by atoms with van der Waals surface area (Å²) in [6.07, 6.45) is 2.05. The molecule has 1 heterocycles. The van der Waals surface area contributed by atoms with Crippen LogP contribution in [0.3, 0.4) is 0 Å². The van der Waals surface area contributed by atoms with Crippen LogP contribution < -0.4 is 5.32 Å². The van der Waals surface area contributed by atoms with Gasteiger partial charge in [0.2, 0.25) is 0 Å². The van der Waals surface area contributed by atoms with Crippen molar-refractivity contribution in [2.75, 3.05) is 11.9 Å². The van der Waals surface area contributed by atoms with E-state index in [1.54, 1.807) is 0 Å².